The van der Waals surface area contributed by atoms with Crippen LogP contribution in [0.15, 0.2) is 27.9 Å². The van der Waals surface area contributed by atoms with Crippen LogP contribution in [0.5, 0.6) is 0 Å². The molecule has 0 aliphatic heterocycles. The van der Waals surface area contributed by atoms with Crippen molar-refractivity contribution in [1.82, 2.24) is 4.98 Å². The molecule has 0 N–H and O–H groups in total. The van der Waals surface area contributed by atoms with E-state index in [0.29, 0.717) is 0 Å². The van der Waals surface area contributed by atoms with Crippen LogP contribution in [0.4, 0.5) is 8.78 Å². The molecule has 2 nitrogen and oxygen atoms in total. The third kappa shape index (κ3) is 3.14. The maximum atomic E-state index is 13.3. The lowest BCUT2D eigenvalue weighted by Gasteiger charge is -2.01. The number of thioether (sulfide) groups is 1. The Kier molecular flexibility index (Phi) is 4.08. The van der Waals surface area contributed by atoms with Gasteiger partial charge in [0.15, 0.2) is 10.1 Å². The number of halogens is 2. The maximum Gasteiger partial charge on any atom is 0.176 e. The summed E-state index contributed by atoms with van der Waals surface area (Å²) in [6.45, 7) is 1.86. The minimum Gasteiger partial charge on any atom is -0.293 e. The lowest BCUT2D eigenvalue weighted by Crippen LogP contribution is -2.05. The van der Waals surface area contributed by atoms with Crippen molar-refractivity contribution < 1.29 is 13.6 Å². The second-order valence-electron chi connectivity index (χ2n) is 3.59. The zero-order valence-electron chi connectivity index (χ0n) is 9.44. The Morgan fingerprint density at radius 3 is 2.89 bits per heavy atom. The molecule has 0 unspecified atom stereocenters. The average Bonchev–Trinajstić information content (AvgIpc) is 2.75. The van der Waals surface area contributed by atoms with E-state index in [1.165, 1.54) is 23.1 Å². The number of benzene rings is 1. The molecule has 0 saturated carbocycles. The number of carbonyl (C=O) groups is 1. The SMILES string of the molecule is Cc1csc(SCC(=O)c2cc(F)ccc2F)n1. The van der Waals surface area contributed by atoms with E-state index in [1.807, 2.05) is 12.3 Å². The van der Waals surface area contributed by atoms with Crippen LogP contribution in [-0.2, 0) is 0 Å². The fourth-order valence-electron chi connectivity index (χ4n) is 1.31. The van der Waals surface area contributed by atoms with Gasteiger partial charge in [0.25, 0.3) is 0 Å². The molecule has 0 bridgehead atoms. The van der Waals surface area contributed by atoms with Gasteiger partial charge >= 0.3 is 0 Å². The Balaban J connectivity index is 2.05. The molecular weight excluding hydrogens is 276 g/mol. The number of hydrogen-bond acceptors (Lipinski definition) is 4. The number of thiazole rings is 1. The summed E-state index contributed by atoms with van der Waals surface area (Å²) < 4.78 is 27.0. The zero-order valence-corrected chi connectivity index (χ0v) is 11.1. The normalized spacial score (nSPS) is 10.6. The molecule has 0 aliphatic rings. The van der Waals surface area contributed by atoms with Crippen LogP contribution in [0.2, 0.25) is 0 Å². The van der Waals surface area contributed by atoms with Gasteiger partial charge in [-0.3, -0.25) is 4.79 Å². The third-order valence-corrected chi connectivity index (χ3v) is 4.29. The summed E-state index contributed by atoms with van der Waals surface area (Å²) in [5, 5.41) is 1.87. The Morgan fingerprint density at radius 2 is 2.22 bits per heavy atom. The van der Waals surface area contributed by atoms with Crippen molar-refractivity contribution in [3.63, 3.8) is 0 Å². The highest BCUT2D eigenvalue weighted by Crippen LogP contribution is 2.23. The van der Waals surface area contributed by atoms with Gasteiger partial charge in [-0.25, -0.2) is 13.8 Å². The molecular formula is C12H9F2NOS2. The Hall–Kier alpha value is -1.27. The first kappa shape index (κ1) is 13.2. The Labute approximate surface area is 111 Å². The molecule has 1 aromatic carbocycles. The van der Waals surface area contributed by atoms with Gasteiger partial charge in [-0.2, -0.15) is 0 Å². The number of Topliss-reactive ketones (excluding diaryl/α,β-unsaturated/α-hetero) is 1. The van der Waals surface area contributed by atoms with Crippen molar-refractivity contribution in [2.75, 3.05) is 5.75 Å². The predicted molar refractivity (Wildman–Crippen MR) is 68.3 cm³/mol. The minimum atomic E-state index is -0.697. The Bertz CT molecular complexity index is 583. The Morgan fingerprint density at radius 1 is 1.44 bits per heavy atom. The van der Waals surface area contributed by atoms with Gasteiger partial charge in [0, 0.05) is 11.1 Å². The second kappa shape index (κ2) is 5.58. The highest BCUT2D eigenvalue weighted by atomic mass is 32.2. The molecule has 0 saturated heterocycles. The number of nitrogens with zero attached hydrogens (tertiary/aromatic N) is 1. The van der Waals surface area contributed by atoms with Crippen LogP contribution in [0.25, 0.3) is 0 Å². The van der Waals surface area contributed by atoms with Crippen LogP contribution in [0.1, 0.15) is 16.1 Å². The van der Waals surface area contributed by atoms with E-state index in [9.17, 15) is 13.6 Å². The number of carbonyl (C=O) groups excluding carboxylic acids is 1. The van der Waals surface area contributed by atoms with E-state index in [1.54, 1.807) is 0 Å². The summed E-state index contributed by atoms with van der Waals surface area (Å²) in [7, 11) is 0. The van der Waals surface area contributed by atoms with Gasteiger partial charge < -0.3 is 0 Å². The fourth-order valence-corrected chi connectivity index (χ4v) is 3.05. The largest absolute Gasteiger partial charge is 0.293 e. The fraction of sp³-hybridized carbons (Fsp3) is 0.167. The van der Waals surface area contributed by atoms with E-state index >= 15 is 0 Å². The predicted octanol–water partition coefficient (Wildman–Crippen LogP) is 3.70. The first-order valence-corrected chi connectivity index (χ1v) is 6.96. The molecule has 2 aromatic rings. The van der Waals surface area contributed by atoms with Gasteiger partial charge in [0.2, 0.25) is 0 Å². The van der Waals surface area contributed by atoms with Crippen LogP contribution in [0, 0.1) is 18.6 Å². The first-order chi connectivity index (χ1) is 8.56. The minimum absolute atomic E-state index is 0.0489. The quantitative estimate of drug-likeness (QED) is 0.633. The summed E-state index contributed by atoms with van der Waals surface area (Å²) in [6.07, 6.45) is 0. The highest BCUT2D eigenvalue weighted by Gasteiger charge is 2.14. The molecule has 0 spiro atoms. The number of aryl methyl sites for hydroxylation is 1. The topological polar surface area (TPSA) is 30.0 Å². The van der Waals surface area contributed by atoms with Gasteiger partial charge in [-0.15, -0.1) is 11.3 Å². The summed E-state index contributed by atoms with van der Waals surface area (Å²) in [4.78, 5) is 15.9. The van der Waals surface area contributed by atoms with Crippen molar-refractivity contribution in [1.29, 1.82) is 0 Å². The van der Waals surface area contributed by atoms with Crippen molar-refractivity contribution in [3.05, 3.63) is 46.5 Å². The van der Waals surface area contributed by atoms with Gasteiger partial charge in [-0.1, -0.05) is 11.8 Å². The van der Waals surface area contributed by atoms with Crippen LogP contribution >= 0.6 is 23.1 Å². The summed E-state index contributed by atoms with van der Waals surface area (Å²) in [6, 6.07) is 2.87. The molecule has 1 aromatic heterocycles. The number of aromatic nitrogens is 1. The average molecular weight is 285 g/mol. The third-order valence-electron chi connectivity index (χ3n) is 2.15. The summed E-state index contributed by atoms with van der Waals surface area (Å²) in [5.74, 6) is -1.70. The number of ketones is 1. The molecule has 0 radical (unpaired) electrons. The lowest BCUT2D eigenvalue weighted by atomic mass is 10.1. The molecule has 2 rings (SSSR count). The molecule has 0 aliphatic carbocycles. The van der Waals surface area contributed by atoms with Crippen LogP contribution < -0.4 is 0 Å². The van der Waals surface area contributed by atoms with E-state index < -0.39 is 17.4 Å². The summed E-state index contributed by atoms with van der Waals surface area (Å²) >= 11 is 2.65. The van der Waals surface area contributed by atoms with Crippen molar-refractivity contribution in [2.24, 2.45) is 0 Å². The van der Waals surface area contributed by atoms with Crippen molar-refractivity contribution in [2.45, 2.75) is 11.3 Å². The van der Waals surface area contributed by atoms with E-state index in [4.69, 9.17) is 0 Å². The van der Waals surface area contributed by atoms with Gasteiger partial charge in [0.1, 0.15) is 11.6 Å². The molecule has 6 heteroatoms. The standard InChI is InChI=1S/C12H9F2NOS2/c1-7-5-17-12(15-7)18-6-11(16)9-4-8(13)2-3-10(9)14/h2-5H,6H2,1H3. The molecule has 94 valence electrons. The molecule has 0 fully saturated rings. The monoisotopic (exact) mass is 285 g/mol. The van der Waals surface area contributed by atoms with E-state index in [-0.39, 0.29) is 11.3 Å². The number of hydrogen-bond donors (Lipinski definition) is 0. The number of rotatable bonds is 4. The van der Waals surface area contributed by atoms with Gasteiger partial charge in [-0.05, 0) is 25.1 Å². The molecule has 0 amide bonds. The molecule has 1 heterocycles. The van der Waals surface area contributed by atoms with Crippen molar-refractivity contribution in [3.8, 4) is 0 Å². The maximum absolute atomic E-state index is 13.3. The van der Waals surface area contributed by atoms with Crippen molar-refractivity contribution >= 4 is 28.9 Å². The smallest absolute Gasteiger partial charge is 0.176 e. The summed E-state index contributed by atoms with van der Waals surface area (Å²) in [5.41, 5.74) is 0.669. The van der Waals surface area contributed by atoms with Gasteiger partial charge in [0.05, 0.1) is 11.3 Å². The van der Waals surface area contributed by atoms with E-state index in [0.717, 1.165) is 28.2 Å². The molecule has 18 heavy (non-hydrogen) atoms. The first-order valence-electron chi connectivity index (χ1n) is 5.09. The molecule has 0 atom stereocenters. The van der Waals surface area contributed by atoms with E-state index in [2.05, 4.69) is 4.98 Å². The second-order valence-corrected chi connectivity index (χ2v) is 5.67. The zero-order chi connectivity index (χ0) is 13.1. The van der Waals surface area contributed by atoms with Crippen LogP contribution in [0.3, 0.4) is 0 Å². The van der Waals surface area contributed by atoms with Crippen LogP contribution in [-0.4, -0.2) is 16.5 Å². The lowest BCUT2D eigenvalue weighted by molar-refractivity contribution is 0.101. The highest BCUT2D eigenvalue weighted by molar-refractivity contribution is 8.01.